The number of rotatable bonds is 2. The third-order valence-electron chi connectivity index (χ3n) is 7.40. The number of allylic oxidation sites excluding steroid dienone is 10. The second kappa shape index (κ2) is 8.82. The van der Waals surface area contributed by atoms with Crippen LogP contribution in [0.1, 0.15) is 45.2 Å². The van der Waals surface area contributed by atoms with E-state index in [0.717, 1.165) is 0 Å². The van der Waals surface area contributed by atoms with Crippen LogP contribution in [-0.4, -0.2) is 8.07 Å². The van der Waals surface area contributed by atoms with Crippen LogP contribution >= 0.6 is 0 Å². The first kappa shape index (κ1) is 24.4. The molecular formula is C30H26Li2Si. The second-order valence-corrected chi connectivity index (χ2v) is 13.9. The van der Waals surface area contributed by atoms with Gasteiger partial charge in [0.15, 0.2) is 0 Å². The van der Waals surface area contributed by atoms with Crippen molar-refractivity contribution in [2.45, 2.75) is 38.8 Å². The minimum Gasteiger partial charge on any atom is -0.144 e. The fourth-order valence-corrected chi connectivity index (χ4v) is 10.2. The molecule has 2 unspecified atom stereocenters. The third-order valence-corrected chi connectivity index (χ3v) is 11.2. The molecule has 0 heterocycles. The third kappa shape index (κ3) is 3.58. The monoisotopic (exact) mass is 428 g/mol. The Morgan fingerprint density at radius 3 is 1.48 bits per heavy atom. The van der Waals surface area contributed by atoms with Crippen LogP contribution in [0.25, 0.3) is 0 Å². The summed E-state index contributed by atoms with van der Waals surface area (Å²) in [5.74, 6) is 0.720. The summed E-state index contributed by atoms with van der Waals surface area (Å²) < 4.78 is 0. The largest absolute Gasteiger partial charge is 1.00 e. The van der Waals surface area contributed by atoms with Gasteiger partial charge in [0.05, 0.1) is 0 Å². The minimum absolute atomic E-state index is 0. The van der Waals surface area contributed by atoms with Crippen LogP contribution in [0.3, 0.4) is 0 Å². The van der Waals surface area contributed by atoms with E-state index in [-0.39, 0.29) is 37.7 Å². The normalized spacial score (nSPS) is 20.7. The van der Waals surface area contributed by atoms with Gasteiger partial charge in [0.25, 0.3) is 0 Å². The molecule has 0 nitrogen and oxygen atoms in total. The summed E-state index contributed by atoms with van der Waals surface area (Å²) in [6.07, 6.45) is 25.3. The van der Waals surface area contributed by atoms with Crippen LogP contribution in [0, 0.1) is 26.0 Å². The zero-order valence-corrected chi connectivity index (χ0v) is 21.6. The maximum absolute atomic E-state index is 3.82. The van der Waals surface area contributed by atoms with E-state index in [0.29, 0.717) is 11.8 Å². The van der Waals surface area contributed by atoms with Crippen molar-refractivity contribution in [3.8, 4) is 0 Å². The minimum atomic E-state index is -2.04. The van der Waals surface area contributed by atoms with Crippen LogP contribution in [0.5, 0.6) is 0 Å². The molecule has 2 aromatic carbocycles. The van der Waals surface area contributed by atoms with Gasteiger partial charge in [-0.25, -0.2) is 0 Å². The van der Waals surface area contributed by atoms with Gasteiger partial charge in [0.1, 0.15) is 0 Å². The number of aryl methyl sites for hydroxylation is 2. The van der Waals surface area contributed by atoms with Crippen molar-refractivity contribution < 1.29 is 37.7 Å². The van der Waals surface area contributed by atoms with E-state index >= 15 is 0 Å². The average molecular weight is 429 g/mol. The Hall–Kier alpha value is -1.71. The molecule has 0 N–H and O–H groups in total. The number of benzene rings is 2. The van der Waals surface area contributed by atoms with E-state index < -0.39 is 8.07 Å². The average Bonchev–Trinajstić information content (AvgIpc) is 3.30. The zero-order chi connectivity index (χ0) is 21.3. The molecule has 2 atom stereocenters. The van der Waals surface area contributed by atoms with Gasteiger partial charge in [0.2, 0.25) is 0 Å². The Morgan fingerprint density at radius 2 is 1.06 bits per heavy atom. The molecule has 2 aromatic rings. The summed E-state index contributed by atoms with van der Waals surface area (Å²) in [6.45, 7) is 9.63. The maximum atomic E-state index is 3.82. The van der Waals surface area contributed by atoms with E-state index in [1.165, 1.54) is 54.9 Å². The zero-order valence-electron chi connectivity index (χ0n) is 20.6. The molecule has 4 aliphatic rings. The quantitative estimate of drug-likeness (QED) is 0.457. The fraction of sp³-hybridized carbons (Fsp3) is 0.200. The van der Waals surface area contributed by atoms with Crippen molar-refractivity contribution in [3.63, 3.8) is 0 Å². The Kier molecular flexibility index (Phi) is 6.52. The summed E-state index contributed by atoms with van der Waals surface area (Å²) in [7, 11) is -2.04. The molecular weight excluding hydrogens is 402 g/mol. The van der Waals surface area contributed by atoms with Crippen molar-refractivity contribution in [3.05, 3.63) is 130 Å². The molecule has 4 aliphatic carbocycles. The summed E-state index contributed by atoms with van der Waals surface area (Å²) in [5.41, 5.74) is 11.0. The number of hydrogen-bond acceptors (Lipinski definition) is 0. The van der Waals surface area contributed by atoms with Gasteiger partial charge in [-0.2, -0.15) is 0 Å². The molecule has 0 amide bonds. The predicted octanol–water partition coefficient (Wildman–Crippen LogP) is -0.264. The van der Waals surface area contributed by atoms with Crippen LogP contribution in [-0.2, 0) is 0 Å². The van der Waals surface area contributed by atoms with Crippen molar-refractivity contribution in [2.75, 3.05) is 0 Å². The Labute approximate surface area is 223 Å². The maximum Gasteiger partial charge on any atom is 1.00 e. The van der Waals surface area contributed by atoms with Gasteiger partial charge in [-0.1, -0.05) is 60.7 Å². The Balaban J connectivity index is 0.00000130. The number of fused-ring (bicyclic) bond motifs is 6. The number of hydrogen-bond donors (Lipinski definition) is 0. The molecule has 33 heavy (non-hydrogen) atoms. The van der Waals surface area contributed by atoms with E-state index in [2.05, 4.69) is 112 Å². The fourth-order valence-electron chi connectivity index (χ4n) is 6.12. The molecule has 3 heteroatoms. The van der Waals surface area contributed by atoms with E-state index in [1.807, 2.05) is 0 Å². The SMILES string of the molecule is Cc1ccc2c(c1[Si](C)(C)c1c(C)ccc3c1[C-]=C1C=CC=CC13)[C-]=C1C=CC=CC12.[Li+].[Li+]. The van der Waals surface area contributed by atoms with Crippen LogP contribution < -0.4 is 48.1 Å². The van der Waals surface area contributed by atoms with E-state index in [9.17, 15) is 0 Å². The molecule has 0 saturated carbocycles. The van der Waals surface area contributed by atoms with Crippen molar-refractivity contribution in [2.24, 2.45) is 0 Å². The topological polar surface area (TPSA) is 0 Å². The molecule has 0 radical (unpaired) electrons. The molecule has 0 fully saturated rings. The Bertz CT molecular complexity index is 1230. The summed E-state index contributed by atoms with van der Waals surface area (Å²) in [4.78, 5) is 0. The molecule has 152 valence electrons. The summed E-state index contributed by atoms with van der Waals surface area (Å²) in [5, 5.41) is 3.08. The first-order valence-electron chi connectivity index (χ1n) is 11.2. The second-order valence-electron chi connectivity index (χ2n) is 9.67. The first-order valence-corrected chi connectivity index (χ1v) is 14.2. The Morgan fingerprint density at radius 1 is 0.636 bits per heavy atom. The summed E-state index contributed by atoms with van der Waals surface area (Å²) >= 11 is 0. The van der Waals surface area contributed by atoms with Crippen molar-refractivity contribution in [1.29, 1.82) is 0 Å². The first-order chi connectivity index (χ1) is 15.0. The molecule has 6 rings (SSSR count). The molecule has 0 saturated heterocycles. The van der Waals surface area contributed by atoms with Crippen LogP contribution in [0.2, 0.25) is 13.1 Å². The van der Waals surface area contributed by atoms with Crippen molar-refractivity contribution in [1.82, 2.24) is 0 Å². The van der Waals surface area contributed by atoms with Gasteiger partial charge in [-0.15, -0.1) is 92.4 Å². The van der Waals surface area contributed by atoms with Crippen molar-refractivity contribution >= 4 is 18.4 Å². The van der Waals surface area contributed by atoms with Gasteiger partial charge >= 0.3 is 37.7 Å². The molecule has 0 bridgehead atoms. The van der Waals surface area contributed by atoms with E-state index in [4.69, 9.17) is 0 Å². The predicted molar refractivity (Wildman–Crippen MR) is 133 cm³/mol. The van der Waals surface area contributed by atoms with E-state index in [1.54, 1.807) is 0 Å². The van der Waals surface area contributed by atoms with Gasteiger partial charge < -0.3 is 0 Å². The van der Waals surface area contributed by atoms with Gasteiger partial charge in [-0.05, 0) is 25.7 Å². The van der Waals surface area contributed by atoms with Crippen LogP contribution in [0.15, 0.2) is 84.0 Å². The molecule has 0 aliphatic heterocycles. The van der Waals surface area contributed by atoms with Gasteiger partial charge in [-0.3, -0.25) is 0 Å². The smallest absolute Gasteiger partial charge is 0.144 e. The summed E-state index contributed by atoms with van der Waals surface area (Å²) in [6, 6.07) is 9.33. The molecule has 0 spiro atoms. The molecule has 0 aromatic heterocycles. The van der Waals surface area contributed by atoms with Gasteiger partial charge in [0, 0.05) is 8.07 Å². The standard InChI is InChI=1S/C30H26Si.2Li/c1-19-13-15-25-23-11-7-5-9-21(23)17-27(25)29(19)31(3,4)30-20(2)14-16-26-24-12-8-6-10-22(24)18-28(26)30;;/h5-16,23-24H,1-4H3;;/q-2;2*+1. The van der Waals surface area contributed by atoms with Crippen LogP contribution in [0.4, 0.5) is 0 Å².